The van der Waals surface area contributed by atoms with Gasteiger partial charge in [0.1, 0.15) is 0 Å². The van der Waals surface area contributed by atoms with Crippen LogP contribution in [0.25, 0.3) is 0 Å². The van der Waals surface area contributed by atoms with Gasteiger partial charge in [0.15, 0.2) is 0 Å². The first-order chi connectivity index (χ1) is 5.41. The Kier molecular flexibility index (Phi) is 9.79. The third-order valence-electron chi connectivity index (χ3n) is 1.66. The Hall–Kier alpha value is -0.110. The fourth-order valence-electron chi connectivity index (χ4n) is 0.996. The lowest BCUT2D eigenvalue weighted by molar-refractivity contribution is 0.312. The van der Waals surface area contributed by atoms with Crippen LogP contribution in [-0.4, -0.2) is 12.2 Å². The molecule has 0 unspecified atom stereocenters. The van der Waals surface area contributed by atoms with Crippen LogP contribution < -0.4 is 0 Å². The highest BCUT2D eigenvalue weighted by atomic mass is 32.1. The molecule has 11 heavy (non-hydrogen) atoms. The molecule has 65 valence electrons. The lowest BCUT2D eigenvalue weighted by atomic mass is 10.1. The highest BCUT2D eigenvalue weighted by molar-refractivity contribution is 7.78. The van der Waals surface area contributed by atoms with Crippen LogP contribution in [0.3, 0.4) is 0 Å². The van der Waals surface area contributed by atoms with Crippen LogP contribution in [0.5, 0.6) is 0 Å². The molecular formula is C9H17OS. The smallest absolute Gasteiger partial charge is 0.239 e. The van der Waals surface area contributed by atoms with Gasteiger partial charge in [0.05, 0.1) is 6.61 Å². The first-order valence-corrected chi connectivity index (χ1v) is 4.81. The molecular weight excluding hydrogens is 156 g/mol. The first-order valence-electron chi connectivity index (χ1n) is 4.40. The number of rotatable bonds is 8. The molecule has 2 heteroatoms. The maximum Gasteiger partial charge on any atom is 0.239 e. The quantitative estimate of drug-likeness (QED) is 0.412. The molecule has 0 spiro atoms. The van der Waals surface area contributed by atoms with Crippen molar-refractivity contribution in [1.82, 2.24) is 0 Å². The van der Waals surface area contributed by atoms with Gasteiger partial charge < -0.3 is 4.74 Å². The molecule has 0 aromatic carbocycles. The topological polar surface area (TPSA) is 9.23 Å². The van der Waals surface area contributed by atoms with E-state index in [-0.39, 0.29) is 0 Å². The van der Waals surface area contributed by atoms with Crippen LogP contribution in [0.1, 0.15) is 45.4 Å². The van der Waals surface area contributed by atoms with Crippen molar-refractivity contribution >= 4 is 17.8 Å². The van der Waals surface area contributed by atoms with E-state index in [1.165, 1.54) is 32.1 Å². The molecule has 0 heterocycles. The third kappa shape index (κ3) is 9.89. The molecule has 0 N–H and O–H groups in total. The molecule has 0 atom stereocenters. The summed E-state index contributed by atoms with van der Waals surface area (Å²) < 4.78 is 4.80. The van der Waals surface area contributed by atoms with Crippen molar-refractivity contribution in [3.63, 3.8) is 0 Å². The van der Waals surface area contributed by atoms with Crippen LogP contribution in [0.15, 0.2) is 0 Å². The zero-order valence-corrected chi connectivity index (χ0v) is 8.08. The van der Waals surface area contributed by atoms with Crippen molar-refractivity contribution in [3.8, 4) is 0 Å². The lowest BCUT2D eigenvalue weighted by Crippen LogP contribution is -1.89. The van der Waals surface area contributed by atoms with E-state index < -0.39 is 0 Å². The number of unbranched alkanes of at least 4 members (excludes halogenated alkanes) is 5. The second-order valence-corrected chi connectivity index (χ2v) is 2.87. The van der Waals surface area contributed by atoms with E-state index in [2.05, 4.69) is 24.7 Å². The van der Waals surface area contributed by atoms with Crippen molar-refractivity contribution in [2.24, 2.45) is 0 Å². The van der Waals surface area contributed by atoms with E-state index in [0.717, 1.165) is 13.0 Å². The normalized spacial score (nSPS) is 9.55. The van der Waals surface area contributed by atoms with E-state index in [9.17, 15) is 0 Å². The van der Waals surface area contributed by atoms with E-state index in [1.54, 1.807) is 0 Å². The highest BCUT2D eigenvalue weighted by Crippen LogP contribution is 2.04. The molecule has 0 rings (SSSR count). The zero-order chi connectivity index (χ0) is 8.36. The maximum atomic E-state index is 4.80. The largest absolute Gasteiger partial charge is 0.480 e. The van der Waals surface area contributed by atoms with Crippen molar-refractivity contribution in [1.29, 1.82) is 0 Å². The maximum absolute atomic E-state index is 4.80. The van der Waals surface area contributed by atoms with Gasteiger partial charge in [-0.05, 0) is 18.6 Å². The van der Waals surface area contributed by atoms with Gasteiger partial charge in [-0.25, -0.2) is 0 Å². The highest BCUT2D eigenvalue weighted by Gasteiger charge is 1.88. The number of hydrogen-bond donors (Lipinski definition) is 0. The van der Waals surface area contributed by atoms with Crippen molar-refractivity contribution in [2.75, 3.05) is 6.61 Å². The summed E-state index contributed by atoms with van der Waals surface area (Å²) in [6.45, 7) is 2.97. The molecule has 0 aromatic heterocycles. The van der Waals surface area contributed by atoms with Gasteiger partial charge in [-0.2, -0.15) is 0 Å². The van der Waals surface area contributed by atoms with Gasteiger partial charge >= 0.3 is 0 Å². The summed E-state index contributed by atoms with van der Waals surface area (Å²) in [7, 11) is 0. The fourth-order valence-corrected chi connectivity index (χ4v) is 1.08. The van der Waals surface area contributed by atoms with E-state index in [1.807, 2.05) is 0 Å². The SMILES string of the molecule is CCCCCCCCO[C]=S. The van der Waals surface area contributed by atoms with Gasteiger partial charge in [-0.3, -0.25) is 0 Å². The number of thiocarbonyl (C=S) groups is 1. The summed E-state index contributed by atoms with van der Waals surface area (Å²) in [5.41, 5.74) is 2.25. The summed E-state index contributed by atoms with van der Waals surface area (Å²) in [5, 5.41) is 0. The summed E-state index contributed by atoms with van der Waals surface area (Å²) >= 11 is 4.40. The molecule has 0 saturated heterocycles. The van der Waals surface area contributed by atoms with Crippen LogP contribution in [0, 0.1) is 0 Å². The molecule has 0 aliphatic heterocycles. The minimum Gasteiger partial charge on any atom is -0.480 e. The van der Waals surface area contributed by atoms with Gasteiger partial charge in [0.2, 0.25) is 5.55 Å². The lowest BCUT2D eigenvalue weighted by Gasteiger charge is -1.98. The summed E-state index contributed by atoms with van der Waals surface area (Å²) in [4.78, 5) is 0. The summed E-state index contributed by atoms with van der Waals surface area (Å²) in [6, 6.07) is 0. The average molecular weight is 173 g/mol. The second kappa shape index (κ2) is 9.89. The molecule has 0 aliphatic rings. The van der Waals surface area contributed by atoms with Gasteiger partial charge in [0.25, 0.3) is 0 Å². The van der Waals surface area contributed by atoms with Crippen molar-refractivity contribution < 1.29 is 4.74 Å². The molecule has 0 aromatic rings. The standard InChI is InChI=1S/C9H17OS/c1-2-3-4-5-6-7-8-10-9-11/h2-8H2,1H3. The number of hydrogen-bond acceptors (Lipinski definition) is 2. The Labute approximate surface area is 75.1 Å². The zero-order valence-electron chi connectivity index (χ0n) is 7.27. The molecule has 0 saturated carbocycles. The van der Waals surface area contributed by atoms with Gasteiger partial charge in [-0.15, -0.1) is 0 Å². The minimum absolute atomic E-state index is 0.746. The Morgan fingerprint density at radius 1 is 1.09 bits per heavy atom. The Bertz CT molecular complexity index is 83.6. The van der Waals surface area contributed by atoms with Crippen LogP contribution in [0.4, 0.5) is 0 Å². The third-order valence-corrected chi connectivity index (χ3v) is 1.78. The van der Waals surface area contributed by atoms with Crippen LogP contribution in [0.2, 0.25) is 0 Å². The monoisotopic (exact) mass is 173 g/mol. The molecule has 0 aliphatic carbocycles. The fraction of sp³-hybridized carbons (Fsp3) is 0.889. The van der Waals surface area contributed by atoms with Gasteiger partial charge in [-0.1, -0.05) is 39.0 Å². The Morgan fingerprint density at radius 3 is 2.36 bits per heavy atom. The summed E-state index contributed by atoms with van der Waals surface area (Å²) in [5.74, 6) is 0. The predicted octanol–water partition coefficient (Wildman–Crippen LogP) is 3.20. The van der Waals surface area contributed by atoms with Crippen molar-refractivity contribution in [2.45, 2.75) is 45.4 Å². The molecule has 1 radical (unpaired) electrons. The first kappa shape index (κ1) is 10.9. The number of ether oxygens (including phenoxy) is 1. The molecule has 0 fully saturated rings. The predicted molar refractivity (Wildman–Crippen MR) is 51.9 cm³/mol. The van der Waals surface area contributed by atoms with Gasteiger partial charge in [0, 0.05) is 0 Å². The second-order valence-electron chi connectivity index (χ2n) is 2.70. The van der Waals surface area contributed by atoms with Crippen molar-refractivity contribution in [3.05, 3.63) is 0 Å². The van der Waals surface area contributed by atoms with Crippen LogP contribution >= 0.6 is 12.2 Å². The van der Waals surface area contributed by atoms with E-state index in [0.29, 0.717) is 0 Å². The summed E-state index contributed by atoms with van der Waals surface area (Å²) in [6.07, 6.45) is 7.74. The Morgan fingerprint density at radius 2 is 1.73 bits per heavy atom. The molecule has 0 bridgehead atoms. The molecule has 1 nitrogen and oxygen atoms in total. The van der Waals surface area contributed by atoms with Crippen LogP contribution in [-0.2, 0) is 4.74 Å². The Balaban J connectivity index is 2.74. The average Bonchev–Trinajstić information content (AvgIpc) is 2.03. The minimum atomic E-state index is 0.746. The van der Waals surface area contributed by atoms with E-state index >= 15 is 0 Å². The molecule has 0 amide bonds. The van der Waals surface area contributed by atoms with E-state index in [4.69, 9.17) is 4.74 Å².